The highest BCUT2D eigenvalue weighted by Gasteiger charge is 2.64. The molecule has 0 radical (unpaired) electrons. The number of hydrogen-bond acceptors (Lipinski definition) is 4. The van der Waals surface area contributed by atoms with E-state index in [0.29, 0.717) is 12.5 Å². The molecule has 1 amide bonds. The van der Waals surface area contributed by atoms with Gasteiger partial charge in [0.2, 0.25) is 5.91 Å². The molecule has 1 aromatic carbocycles. The average molecular weight is 396 g/mol. The van der Waals surface area contributed by atoms with Gasteiger partial charge in [-0.1, -0.05) is 38.0 Å². The van der Waals surface area contributed by atoms with E-state index >= 15 is 0 Å². The fraction of sp³-hybridized carbons (Fsp3) is 0.522. The Hall–Kier alpha value is -2.63. The second-order valence-corrected chi connectivity index (χ2v) is 8.48. The van der Waals surface area contributed by atoms with E-state index in [1.165, 1.54) is 12.8 Å². The quantitative estimate of drug-likeness (QED) is 0.459. The molecule has 154 valence electrons. The molecule has 0 aliphatic heterocycles. The summed E-state index contributed by atoms with van der Waals surface area (Å²) in [5.41, 5.74) is 5.71. The topological polar surface area (TPSA) is 72.7 Å². The van der Waals surface area contributed by atoms with E-state index in [2.05, 4.69) is 17.5 Å². The number of hydrazone groups is 1. The van der Waals surface area contributed by atoms with E-state index in [4.69, 9.17) is 4.74 Å². The smallest absolute Gasteiger partial charge is 0.325 e. The molecule has 29 heavy (non-hydrogen) atoms. The Bertz CT molecular complexity index is 977. The maximum absolute atomic E-state index is 12.6. The lowest BCUT2D eigenvalue weighted by Crippen LogP contribution is -2.22. The van der Waals surface area contributed by atoms with Crippen molar-refractivity contribution in [2.45, 2.75) is 53.0 Å². The summed E-state index contributed by atoms with van der Waals surface area (Å²) in [5, 5.41) is 5.28. The molecule has 6 nitrogen and oxygen atoms in total. The largest absolute Gasteiger partial charge is 0.465 e. The molecule has 6 heteroatoms. The third-order valence-corrected chi connectivity index (χ3v) is 6.85. The second kappa shape index (κ2) is 7.65. The van der Waals surface area contributed by atoms with Crippen LogP contribution >= 0.6 is 0 Å². The summed E-state index contributed by atoms with van der Waals surface area (Å²) in [6.07, 6.45) is 6.44. The highest BCUT2D eigenvalue weighted by Crippen LogP contribution is 2.66. The summed E-state index contributed by atoms with van der Waals surface area (Å²) < 4.78 is 7.05. The van der Waals surface area contributed by atoms with Gasteiger partial charge in [-0.05, 0) is 44.1 Å². The van der Waals surface area contributed by atoms with Crippen LogP contribution in [0.3, 0.4) is 0 Å². The average Bonchev–Trinajstić information content (AvgIpc) is 3.26. The van der Waals surface area contributed by atoms with Gasteiger partial charge in [-0.2, -0.15) is 5.10 Å². The Balaban J connectivity index is 1.53. The molecule has 2 saturated carbocycles. The minimum absolute atomic E-state index is 0.0311. The molecule has 2 aromatic rings. The molecular formula is C23H29N3O3. The van der Waals surface area contributed by atoms with E-state index in [0.717, 1.165) is 35.0 Å². The second-order valence-electron chi connectivity index (χ2n) is 8.48. The highest BCUT2D eigenvalue weighted by molar-refractivity contribution is 6.01. The van der Waals surface area contributed by atoms with Gasteiger partial charge in [0.15, 0.2) is 0 Å². The first-order valence-electron chi connectivity index (χ1n) is 10.5. The number of benzene rings is 1. The molecule has 2 fully saturated rings. The van der Waals surface area contributed by atoms with Gasteiger partial charge in [-0.3, -0.25) is 9.59 Å². The molecule has 2 aliphatic carbocycles. The van der Waals surface area contributed by atoms with E-state index in [1.807, 2.05) is 35.8 Å². The number of ether oxygens (including phenoxy) is 1. The van der Waals surface area contributed by atoms with Crippen molar-refractivity contribution in [2.75, 3.05) is 6.61 Å². The molecule has 1 aromatic heterocycles. The van der Waals surface area contributed by atoms with Crippen molar-refractivity contribution in [3.05, 3.63) is 35.5 Å². The number of esters is 1. The van der Waals surface area contributed by atoms with Gasteiger partial charge in [0.05, 0.1) is 12.8 Å². The SMILES string of the molecule is CCOC(=O)Cn1c(C)c(/C=N\NC(=O)[C@H]2[C@H]3CCCC[C@@]32C)c2ccccc21. The molecular weight excluding hydrogens is 366 g/mol. The zero-order chi connectivity index (χ0) is 20.6. The number of amides is 1. The van der Waals surface area contributed by atoms with Crippen LogP contribution in [0.5, 0.6) is 0 Å². The molecule has 0 unspecified atom stereocenters. The summed E-state index contributed by atoms with van der Waals surface area (Å²) in [6, 6.07) is 7.89. The van der Waals surface area contributed by atoms with Gasteiger partial charge in [0.1, 0.15) is 6.54 Å². The summed E-state index contributed by atoms with van der Waals surface area (Å²) in [4.78, 5) is 24.7. The van der Waals surface area contributed by atoms with Gasteiger partial charge in [-0.25, -0.2) is 5.43 Å². The lowest BCUT2D eigenvalue weighted by molar-refractivity contribution is -0.143. The molecule has 1 N–H and O–H groups in total. The minimum atomic E-state index is -0.266. The third-order valence-electron chi connectivity index (χ3n) is 6.85. The number of nitrogens with one attached hydrogen (secondary N) is 1. The van der Waals surface area contributed by atoms with Crippen molar-refractivity contribution >= 4 is 29.0 Å². The fourth-order valence-electron chi connectivity index (χ4n) is 5.24. The van der Waals surface area contributed by atoms with Gasteiger partial charge in [0.25, 0.3) is 0 Å². The van der Waals surface area contributed by atoms with Crippen LogP contribution < -0.4 is 5.43 Å². The number of carbonyl (C=O) groups is 2. The predicted octanol–water partition coefficient (Wildman–Crippen LogP) is 3.79. The van der Waals surface area contributed by atoms with E-state index in [-0.39, 0.29) is 29.8 Å². The van der Waals surface area contributed by atoms with Crippen LogP contribution in [-0.4, -0.2) is 29.3 Å². The Morgan fingerprint density at radius 3 is 2.86 bits per heavy atom. The molecule has 0 spiro atoms. The van der Waals surface area contributed by atoms with Crippen molar-refractivity contribution < 1.29 is 14.3 Å². The van der Waals surface area contributed by atoms with Gasteiger partial charge >= 0.3 is 5.97 Å². The Labute approximate surface area is 171 Å². The van der Waals surface area contributed by atoms with Crippen molar-refractivity contribution in [2.24, 2.45) is 22.4 Å². The van der Waals surface area contributed by atoms with Gasteiger partial charge < -0.3 is 9.30 Å². The first kappa shape index (κ1) is 19.7. The molecule has 4 rings (SSSR count). The number of carbonyl (C=O) groups excluding carboxylic acids is 2. The predicted molar refractivity (Wildman–Crippen MR) is 113 cm³/mol. The Morgan fingerprint density at radius 2 is 2.14 bits per heavy atom. The normalized spacial score (nSPS) is 25.8. The maximum atomic E-state index is 12.6. The van der Waals surface area contributed by atoms with E-state index < -0.39 is 0 Å². The molecule has 1 heterocycles. The Morgan fingerprint density at radius 1 is 1.34 bits per heavy atom. The van der Waals surface area contributed by atoms with Crippen molar-refractivity contribution in [1.82, 2.24) is 9.99 Å². The monoisotopic (exact) mass is 395 g/mol. The van der Waals surface area contributed by atoms with Gasteiger partial charge in [0, 0.05) is 28.1 Å². The van der Waals surface area contributed by atoms with Crippen LogP contribution in [0, 0.1) is 24.2 Å². The number of rotatable bonds is 6. The zero-order valence-corrected chi connectivity index (χ0v) is 17.4. The first-order valence-corrected chi connectivity index (χ1v) is 10.5. The number of aromatic nitrogens is 1. The van der Waals surface area contributed by atoms with Crippen molar-refractivity contribution in [3.8, 4) is 0 Å². The van der Waals surface area contributed by atoms with E-state index in [1.54, 1.807) is 13.1 Å². The lowest BCUT2D eigenvalue weighted by Gasteiger charge is -2.15. The molecule has 0 saturated heterocycles. The van der Waals surface area contributed by atoms with E-state index in [9.17, 15) is 9.59 Å². The third kappa shape index (κ3) is 3.45. The lowest BCUT2D eigenvalue weighted by atomic mass is 9.90. The summed E-state index contributed by atoms with van der Waals surface area (Å²) >= 11 is 0. The molecule has 2 aliphatic rings. The summed E-state index contributed by atoms with van der Waals surface area (Å²) in [7, 11) is 0. The minimum Gasteiger partial charge on any atom is -0.465 e. The van der Waals surface area contributed by atoms with Crippen LogP contribution in [0.1, 0.15) is 50.8 Å². The van der Waals surface area contributed by atoms with Gasteiger partial charge in [-0.15, -0.1) is 0 Å². The van der Waals surface area contributed by atoms with Crippen molar-refractivity contribution in [3.63, 3.8) is 0 Å². The van der Waals surface area contributed by atoms with Crippen LogP contribution in [-0.2, 0) is 20.9 Å². The van der Waals surface area contributed by atoms with Crippen molar-refractivity contribution in [1.29, 1.82) is 0 Å². The summed E-state index contributed by atoms with van der Waals surface area (Å²) in [6.45, 7) is 6.51. The number of fused-ring (bicyclic) bond motifs is 2. The fourth-order valence-corrected chi connectivity index (χ4v) is 5.24. The van der Waals surface area contributed by atoms with Crippen LogP contribution in [0.2, 0.25) is 0 Å². The maximum Gasteiger partial charge on any atom is 0.325 e. The first-order chi connectivity index (χ1) is 14.0. The zero-order valence-electron chi connectivity index (χ0n) is 17.4. The number of hydrogen-bond donors (Lipinski definition) is 1. The number of nitrogens with zero attached hydrogens (tertiary/aromatic N) is 2. The number of para-hydroxylation sites is 1. The van der Waals surface area contributed by atoms with Crippen LogP contribution in [0.4, 0.5) is 0 Å². The highest BCUT2D eigenvalue weighted by atomic mass is 16.5. The summed E-state index contributed by atoms with van der Waals surface area (Å²) in [5.74, 6) is 0.370. The molecule has 3 atom stereocenters. The van der Waals surface area contributed by atoms with Crippen LogP contribution in [0.25, 0.3) is 10.9 Å². The Kier molecular flexibility index (Phi) is 5.19. The van der Waals surface area contributed by atoms with Crippen LogP contribution in [0.15, 0.2) is 29.4 Å². The molecule has 0 bridgehead atoms. The standard InChI is InChI=1S/C23H29N3O3/c1-4-29-20(27)14-26-15(2)17(16-9-5-6-11-19(16)26)13-24-25-22(28)21-18-10-7-8-12-23(18,21)3/h5-6,9,11,13,18,21H,4,7-8,10,12,14H2,1-3H3,(H,25,28)/b24-13-/t18-,21-,23+/m1/s1.